The predicted molar refractivity (Wildman–Crippen MR) is 117 cm³/mol. The maximum Gasteiger partial charge on any atom is 0.211 e. The molecule has 0 amide bonds. The van der Waals surface area contributed by atoms with Crippen molar-refractivity contribution in [3.8, 4) is 0 Å². The van der Waals surface area contributed by atoms with Crippen molar-refractivity contribution >= 4 is 40.0 Å². The first-order chi connectivity index (χ1) is 11.5. The average molecular weight is 488 g/mol. The number of halogens is 1. The highest BCUT2D eigenvalue weighted by molar-refractivity contribution is 14.0. The Bertz CT molecular complexity index is 471. The van der Waals surface area contributed by atoms with Gasteiger partial charge in [0.1, 0.15) is 0 Å². The largest absolute Gasteiger partial charge is 0.357 e. The first-order valence-electron chi connectivity index (χ1n) is 9.46. The lowest BCUT2D eigenvalue weighted by Crippen LogP contribution is -2.38. The van der Waals surface area contributed by atoms with Crippen LogP contribution in [0.2, 0.25) is 0 Å². The first-order valence-corrected chi connectivity index (χ1v) is 11.1. The Hall–Kier alpha value is -0.0900. The van der Waals surface area contributed by atoms with E-state index in [-0.39, 0.29) is 29.7 Å². The van der Waals surface area contributed by atoms with E-state index in [0.29, 0.717) is 19.5 Å². The Balaban J connectivity index is 0.00000576. The third kappa shape index (κ3) is 12.0. The molecule has 0 bridgehead atoms. The summed E-state index contributed by atoms with van der Waals surface area (Å²) in [5.74, 6) is 2.67. The Morgan fingerprint density at radius 2 is 1.92 bits per heavy atom. The molecule has 2 unspecified atom stereocenters. The van der Waals surface area contributed by atoms with Gasteiger partial charge in [0, 0.05) is 26.2 Å². The number of nitrogens with one attached hydrogen (secondary N) is 3. The number of hydrogen-bond acceptors (Lipinski definition) is 3. The monoisotopic (exact) mass is 488 g/mol. The minimum Gasteiger partial charge on any atom is -0.357 e. The fraction of sp³-hybridized carbons (Fsp3) is 0.941. The molecule has 0 heterocycles. The highest BCUT2D eigenvalue weighted by Gasteiger charge is 2.18. The van der Waals surface area contributed by atoms with Crippen molar-refractivity contribution in [3.63, 3.8) is 0 Å². The maximum absolute atomic E-state index is 11.3. The van der Waals surface area contributed by atoms with Gasteiger partial charge in [0.25, 0.3) is 0 Å². The van der Waals surface area contributed by atoms with Gasteiger partial charge in [-0.2, -0.15) is 0 Å². The molecule has 0 saturated heterocycles. The van der Waals surface area contributed by atoms with Crippen LogP contribution in [0.15, 0.2) is 4.99 Å². The van der Waals surface area contributed by atoms with E-state index >= 15 is 0 Å². The van der Waals surface area contributed by atoms with E-state index in [4.69, 9.17) is 0 Å². The Morgan fingerprint density at radius 3 is 2.56 bits per heavy atom. The summed E-state index contributed by atoms with van der Waals surface area (Å²) in [5, 5.41) is 6.65. The minimum atomic E-state index is -3.09. The molecule has 3 N–H and O–H groups in total. The number of aliphatic imine (C=N–C) groups is 1. The molecule has 25 heavy (non-hydrogen) atoms. The van der Waals surface area contributed by atoms with Crippen molar-refractivity contribution in [1.82, 2.24) is 15.4 Å². The molecule has 0 aromatic carbocycles. The van der Waals surface area contributed by atoms with Gasteiger partial charge in [0.05, 0.1) is 5.75 Å². The van der Waals surface area contributed by atoms with Crippen molar-refractivity contribution in [2.24, 2.45) is 16.8 Å². The Kier molecular flexibility index (Phi) is 14.0. The molecule has 8 heteroatoms. The van der Waals surface area contributed by atoms with Gasteiger partial charge in [0.2, 0.25) is 10.0 Å². The van der Waals surface area contributed by atoms with E-state index in [9.17, 15) is 8.42 Å². The summed E-state index contributed by atoms with van der Waals surface area (Å²) >= 11 is 0. The van der Waals surface area contributed by atoms with E-state index in [2.05, 4.69) is 34.2 Å². The number of guanidine groups is 1. The van der Waals surface area contributed by atoms with Gasteiger partial charge in [-0.25, -0.2) is 13.1 Å². The molecule has 150 valence electrons. The molecular formula is C17H37IN4O2S. The van der Waals surface area contributed by atoms with Crippen LogP contribution in [0.25, 0.3) is 0 Å². The second-order valence-electron chi connectivity index (χ2n) is 6.77. The zero-order chi connectivity index (χ0) is 17.8. The molecule has 1 aliphatic carbocycles. The molecule has 0 aromatic rings. The van der Waals surface area contributed by atoms with E-state index < -0.39 is 10.0 Å². The van der Waals surface area contributed by atoms with E-state index in [0.717, 1.165) is 30.9 Å². The molecule has 2 atom stereocenters. The van der Waals surface area contributed by atoms with Crippen molar-refractivity contribution in [1.29, 1.82) is 0 Å². The van der Waals surface area contributed by atoms with Crippen LogP contribution in [0.5, 0.6) is 0 Å². The predicted octanol–water partition coefficient (Wildman–Crippen LogP) is 2.71. The first kappa shape index (κ1) is 24.9. The molecule has 0 spiro atoms. The fourth-order valence-corrected chi connectivity index (χ4v) is 3.82. The second-order valence-corrected chi connectivity index (χ2v) is 8.86. The van der Waals surface area contributed by atoms with Crippen LogP contribution in [0.3, 0.4) is 0 Å². The smallest absolute Gasteiger partial charge is 0.211 e. The highest BCUT2D eigenvalue weighted by atomic mass is 127. The van der Waals surface area contributed by atoms with Crippen LogP contribution in [-0.4, -0.2) is 46.3 Å². The van der Waals surface area contributed by atoms with Gasteiger partial charge in [-0.3, -0.25) is 4.99 Å². The van der Waals surface area contributed by atoms with Gasteiger partial charge >= 0.3 is 0 Å². The Labute approximate surface area is 171 Å². The average Bonchev–Trinajstić information content (AvgIpc) is 2.54. The third-order valence-electron chi connectivity index (χ3n) is 4.54. The van der Waals surface area contributed by atoms with Crippen molar-refractivity contribution in [3.05, 3.63) is 0 Å². The maximum atomic E-state index is 11.3. The van der Waals surface area contributed by atoms with Crippen LogP contribution < -0.4 is 15.4 Å². The normalized spacial score (nSPS) is 21.5. The van der Waals surface area contributed by atoms with Crippen LogP contribution in [0.4, 0.5) is 0 Å². The molecular weight excluding hydrogens is 451 g/mol. The van der Waals surface area contributed by atoms with E-state index in [1.165, 1.54) is 32.1 Å². The number of sulfonamides is 1. The topological polar surface area (TPSA) is 82.6 Å². The SMILES string of the molecule is CCNC(=NCCCNS(=O)(=O)CC)NCCC1CCCC(C)C1.I. The zero-order valence-corrected chi connectivity index (χ0v) is 19.2. The molecule has 0 aromatic heterocycles. The highest BCUT2D eigenvalue weighted by Crippen LogP contribution is 2.30. The van der Waals surface area contributed by atoms with Crippen molar-refractivity contribution in [2.45, 2.75) is 59.3 Å². The summed E-state index contributed by atoms with van der Waals surface area (Å²) in [6.07, 6.45) is 7.37. The van der Waals surface area contributed by atoms with E-state index in [1.807, 2.05) is 0 Å². The van der Waals surface area contributed by atoms with E-state index in [1.54, 1.807) is 6.92 Å². The Morgan fingerprint density at radius 1 is 1.16 bits per heavy atom. The molecule has 0 aliphatic heterocycles. The van der Waals surface area contributed by atoms with Crippen LogP contribution in [-0.2, 0) is 10.0 Å². The lowest BCUT2D eigenvalue weighted by molar-refractivity contribution is 0.270. The molecule has 0 radical (unpaired) electrons. The van der Waals surface area contributed by atoms with Crippen LogP contribution in [0, 0.1) is 11.8 Å². The van der Waals surface area contributed by atoms with Crippen molar-refractivity contribution < 1.29 is 8.42 Å². The quantitative estimate of drug-likeness (QED) is 0.191. The number of hydrogen-bond donors (Lipinski definition) is 3. The third-order valence-corrected chi connectivity index (χ3v) is 5.95. The minimum absolute atomic E-state index is 0. The molecule has 6 nitrogen and oxygen atoms in total. The lowest BCUT2D eigenvalue weighted by atomic mass is 9.81. The molecule has 1 rings (SSSR count). The van der Waals surface area contributed by atoms with Gasteiger partial charge in [0.15, 0.2) is 5.96 Å². The second kappa shape index (κ2) is 14.0. The van der Waals surface area contributed by atoms with Crippen LogP contribution in [0.1, 0.15) is 59.3 Å². The standard InChI is InChI=1S/C17H36N4O2S.HI/c1-4-18-17(19-11-7-12-21-24(22,23)5-2)20-13-10-16-9-6-8-15(3)14-16;/h15-16,21H,4-14H2,1-3H3,(H2,18,19,20);1H. The fourth-order valence-electron chi connectivity index (χ4n) is 3.16. The van der Waals surface area contributed by atoms with Gasteiger partial charge < -0.3 is 10.6 Å². The zero-order valence-electron chi connectivity index (χ0n) is 16.0. The molecule has 1 aliphatic rings. The molecule has 1 fully saturated rings. The van der Waals surface area contributed by atoms with Gasteiger partial charge in [-0.1, -0.05) is 26.2 Å². The summed E-state index contributed by atoms with van der Waals surface area (Å²) in [6, 6.07) is 0. The molecule has 1 saturated carbocycles. The van der Waals surface area contributed by atoms with Gasteiger partial charge in [-0.05, 0) is 44.9 Å². The summed E-state index contributed by atoms with van der Waals surface area (Å²) in [6.45, 7) is 8.88. The van der Waals surface area contributed by atoms with Crippen molar-refractivity contribution in [2.75, 3.05) is 31.9 Å². The lowest BCUT2D eigenvalue weighted by Gasteiger charge is -2.26. The summed E-state index contributed by atoms with van der Waals surface area (Å²) in [4.78, 5) is 4.52. The van der Waals surface area contributed by atoms with Gasteiger partial charge in [-0.15, -0.1) is 24.0 Å². The van der Waals surface area contributed by atoms with Crippen LogP contribution >= 0.6 is 24.0 Å². The summed E-state index contributed by atoms with van der Waals surface area (Å²) < 4.78 is 25.3. The number of rotatable bonds is 10. The summed E-state index contributed by atoms with van der Waals surface area (Å²) in [7, 11) is -3.09. The number of nitrogens with zero attached hydrogens (tertiary/aromatic N) is 1. The summed E-state index contributed by atoms with van der Waals surface area (Å²) in [5.41, 5.74) is 0.